The Morgan fingerprint density at radius 3 is 2.48 bits per heavy atom. The average molecular weight is 420 g/mol. The van der Waals surface area contributed by atoms with Crippen LogP contribution in [0, 0.1) is 11.6 Å². The standard InChI is InChI=1S/C25H22F2N2O2/c26-19-8-11-22(27)21(14-19)18-13-24(17-4-2-1-3-5-17)29(15-18)25(31)23(28)12-16-6-9-20(30)10-7-16/h1-11,13-14,23-24,30H,12,15,28H2/t23-,24?/m0/s1. The van der Waals surface area contributed by atoms with Gasteiger partial charge < -0.3 is 15.7 Å². The van der Waals surface area contributed by atoms with E-state index < -0.39 is 23.7 Å². The SMILES string of the molecule is N[C@@H](Cc1ccc(O)cc1)C(=O)N1CC(c2cc(F)ccc2F)=CC1c1ccccc1. The van der Waals surface area contributed by atoms with E-state index in [2.05, 4.69) is 0 Å². The van der Waals surface area contributed by atoms with Crippen molar-refractivity contribution >= 4 is 11.5 Å². The van der Waals surface area contributed by atoms with Crippen LogP contribution in [0.2, 0.25) is 0 Å². The molecule has 3 aromatic rings. The molecule has 158 valence electrons. The van der Waals surface area contributed by atoms with Gasteiger partial charge in [0.1, 0.15) is 17.4 Å². The molecule has 0 aliphatic carbocycles. The smallest absolute Gasteiger partial charge is 0.240 e. The Morgan fingerprint density at radius 2 is 1.77 bits per heavy atom. The monoisotopic (exact) mass is 420 g/mol. The maximum absolute atomic E-state index is 14.4. The van der Waals surface area contributed by atoms with Crippen molar-refractivity contribution in [2.45, 2.75) is 18.5 Å². The van der Waals surface area contributed by atoms with Gasteiger partial charge in [0.05, 0.1) is 12.1 Å². The highest BCUT2D eigenvalue weighted by molar-refractivity contribution is 5.87. The second-order valence-electron chi connectivity index (χ2n) is 7.61. The molecule has 1 amide bonds. The highest BCUT2D eigenvalue weighted by Crippen LogP contribution is 2.36. The third-order valence-corrected chi connectivity index (χ3v) is 5.44. The molecule has 31 heavy (non-hydrogen) atoms. The lowest BCUT2D eigenvalue weighted by Crippen LogP contribution is -2.45. The van der Waals surface area contributed by atoms with Gasteiger partial charge in [0.15, 0.2) is 0 Å². The lowest BCUT2D eigenvalue weighted by molar-refractivity contribution is -0.133. The van der Waals surface area contributed by atoms with Crippen LogP contribution < -0.4 is 5.73 Å². The van der Waals surface area contributed by atoms with Crippen LogP contribution in [0.3, 0.4) is 0 Å². The minimum atomic E-state index is -0.819. The maximum Gasteiger partial charge on any atom is 0.240 e. The first-order chi connectivity index (χ1) is 14.9. The van der Waals surface area contributed by atoms with E-state index in [4.69, 9.17) is 5.73 Å². The Balaban J connectivity index is 1.63. The molecule has 3 aromatic carbocycles. The normalized spacial score (nSPS) is 16.8. The second kappa shape index (κ2) is 8.70. The molecule has 2 atom stereocenters. The van der Waals surface area contributed by atoms with Crippen LogP contribution in [0.15, 0.2) is 78.9 Å². The van der Waals surface area contributed by atoms with E-state index in [0.29, 0.717) is 12.0 Å². The first-order valence-electron chi connectivity index (χ1n) is 9.97. The van der Waals surface area contributed by atoms with Gasteiger partial charge in [-0.05, 0) is 53.5 Å². The highest BCUT2D eigenvalue weighted by Gasteiger charge is 2.34. The molecule has 4 rings (SSSR count). The van der Waals surface area contributed by atoms with Crippen molar-refractivity contribution in [2.75, 3.05) is 6.54 Å². The summed E-state index contributed by atoms with van der Waals surface area (Å²) in [5, 5.41) is 9.44. The molecule has 0 radical (unpaired) electrons. The summed E-state index contributed by atoms with van der Waals surface area (Å²) in [7, 11) is 0. The number of aromatic hydroxyl groups is 1. The summed E-state index contributed by atoms with van der Waals surface area (Å²) in [6.07, 6.45) is 2.08. The van der Waals surface area contributed by atoms with Crippen LogP contribution >= 0.6 is 0 Å². The lowest BCUT2D eigenvalue weighted by Gasteiger charge is -2.28. The number of benzene rings is 3. The molecule has 4 nitrogen and oxygen atoms in total. The fraction of sp³-hybridized carbons (Fsp3) is 0.160. The summed E-state index contributed by atoms with van der Waals surface area (Å²) in [4.78, 5) is 14.9. The van der Waals surface area contributed by atoms with Crippen molar-refractivity contribution in [2.24, 2.45) is 5.73 Å². The molecule has 0 fully saturated rings. The molecule has 1 aliphatic rings. The number of phenolic OH excluding ortho intramolecular Hbond substituents is 1. The van der Waals surface area contributed by atoms with Gasteiger partial charge in [-0.25, -0.2) is 8.78 Å². The number of phenols is 1. The molecule has 0 saturated heterocycles. The molecular formula is C25H22F2N2O2. The Kier molecular flexibility index (Phi) is 5.82. The number of carbonyl (C=O) groups excluding carboxylic acids is 1. The molecule has 0 bridgehead atoms. The molecule has 0 spiro atoms. The van der Waals surface area contributed by atoms with Crippen LogP contribution in [0.1, 0.15) is 22.7 Å². The molecule has 1 unspecified atom stereocenters. The molecule has 6 heteroatoms. The van der Waals surface area contributed by atoms with Crippen LogP contribution in [-0.2, 0) is 11.2 Å². The van der Waals surface area contributed by atoms with Gasteiger partial charge in [-0.2, -0.15) is 0 Å². The maximum atomic E-state index is 14.4. The number of nitrogens with zero attached hydrogens (tertiary/aromatic N) is 1. The van der Waals surface area contributed by atoms with Gasteiger partial charge in [0, 0.05) is 12.1 Å². The van der Waals surface area contributed by atoms with E-state index in [0.717, 1.165) is 29.3 Å². The number of hydrogen-bond acceptors (Lipinski definition) is 3. The number of halogens is 2. The fourth-order valence-electron chi connectivity index (χ4n) is 3.86. The first kappa shape index (κ1) is 20.8. The molecule has 0 aromatic heterocycles. The van der Waals surface area contributed by atoms with Crippen LogP contribution in [-0.4, -0.2) is 28.5 Å². The van der Waals surface area contributed by atoms with Gasteiger partial charge in [0.2, 0.25) is 5.91 Å². The van der Waals surface area contributed by atoms with Crippen LogP contribution in [0.4, 0.5) is 8.78 Å². The summed E-state index contributed by atoms with van der Waals surface area (Å²) in [6.45, 7) is 0.127. The topological polar surface area (TPSA) is 66.6 Å². The van der Waals surface area contributed by atoms with E-state index in [1.54, 1.807) is 35.2 Å². The minimum absolute atomic E-state index is 0.127. The largest absolute Gasteiger partial charge is 0.508 e. The van der Waals surface area contributed by atoms with E-state index in [9.17, 15) is 18.7 Å². The zero-order valence-electron chi connectivity index (χ0n) is 16.7. The molecule has 1 heterocycles. The zero-order chi connectivity index (χ0) is 22.0. The van der Waals surface area contributed by atoms with Crippen molar-refractivity contribution in [1.82, 2.24) is 4.90 Å². The summed E-state index contributed by atoms with van der Waals surface area (Å²) in [5.41, 5.74) is 8.59. The third-order valence-electron chi connectivity index (χ3n) is 5.44. The Hall–Kier alpha value is -3.51. The van der Waals surface area contributed by atoms with Crippen molar-refractivity contribution in [1.29, 1.82) is 0 Å². The quantitative estimate of drug-likeness (QED) is 0.650. The van der Waals surface area contributed by atoms with E-state index in [1.807, 2.05) is 30.3 Å². The Bertz CT molecular complexity index is 1110. The number of carbonyl (C=O) groups is 1. The summed E-state index contributed by atoms with van der Waals surface area (Å²) in [6, 6.07) is 17.9. The highest BCUT2D eigenvalue weighted by atomic mass is 19.1. The molecular weight excluding hydrogens is 398 g/mol. The Labute approximate surface area is 179 Å². The fourth-order valence-corrected chi connectivity index (χ4v) is 3.86. The third kappa shape index (κ3) is 4.49. The van der Waals surface area contributed by atoms with Gasteiger partial charge in [-0.3, -0.25) is 4.79 Å². The summed E-state index contributed by atoms with van der Waals surface area (Å²) in [5.74, 6) is -1.23. The van der Waals surface area contributed by atoms with Crippen molar-refractivity contribution in [3.63, 3.8) is 0 Å². The first-order valence-corrected chi connectivity index (χ1v) is 9.97. The predicted octanol–water partition coefficient (Wildman–Crippen LogP) is 4.21. The van der Waals surface area contributed by atoms with Crippen molar-refractivity contribution < 1.29 is 18.7 Å². The van der Waals surface area contributed by atoms with E-state index in [-0.39, 0.29) is 23.8 Å². The average Bonchev–Trinajstić information content (AvgIpc) is 3.22. The second-order valence-corrected chi connectivity index (χ2v) is 7.61. The molecule has 0 saturated carbocycles. The van der Waals surface area contributed by atoms with E-state index in [1.165, 1.54) is 0 Å². The Morgan fingerprint density at radius 1 is 1.06 bits per heavy atom. The van der Waals surface area contributed by atoms with Gasteiger partial charge in [-0.1, -0.05) is 48.5 Å². The minimum Gasteiger partial charge on any atom is -0.508 e. The van der Waals surface area contributed by atoms with Crippen LogP contribution in [0.25, 0.3) is 5.57 Å². The summed E-state index contributed by atoms with van der Waals surface area (Å²) < 4.78 is 28.2. The number of rotatable bonds is 5. The van der Waals surface area contributed by atoms with Gasteiger partial charge in [-0.15, -0.1) is 0 Å². The van der Waals surface area contributed by atoms with Gasteiger partial charge in [0.25, 0.3) is 0 Å². The number of nitrogens with two attached hydrogens (primary N) is 1. The zero-order valence-corrected chi connectivity index (χ0v) is 16.7. The predicted molar refractivity (Wildman–Crippen MR) is 115 cm³/mol. The number of hydrogen-bond donors (Lipinski definition) is 2. The van der Waals surface area contributed by atoms with Crippen molar-refractivity contribution in [3.8, 4) is 5.75 Å². The number of amides is 1. The lowest BCUT2D eigenvalue weighted by atomic mass is 10.0. The van der Waals surface area contributed by atoms with E-state index >= 15 is 0 Å². The van der Waals surface area contributed by atoms with Crippen molar-refractivity contribution in [3.05, 3.63) is 107 Å². The molecule has 1 aliphatic heterocycles. The molecule has 3 N–H and O–H groups in total. The summed E-state index contributed by atoms with van der Waals surface area (Å²) >= 11 is 0. The van der Waals surface area contributed by atoms with Crippen LogP contribution in [0.5, 0.6) is 5.75 Å². The van der Waals surface area contributed by atoms with Gasteiger partial charge >= 0.3 is 0 Å².